The van der Waals surface area contributed by atoms with Gasteiger partial charge in [0.2, 0.25) is 0 Å². The number of aryl methyl sites for hydroxylation is 1. The number of primary amides is 1. The average molecular weight is 232 g/mol. The van der Waals surface area contributed by atoms with Crippen molar-refractivity contribution < 1.29 is 4.79 Å². The number of fused-ring (bicyclic) bond motifs is 1. The van der Waals surface area contributed by atoms with Crippen molar-refractivity contribution in [3.05, 3.63) is 35.7 Å². The SMILES string of the molecule is CCN.Cc1ccc2nc(C(N)=O)cnc2c1. The van der Waals surface area contributed by atoms with E-state index in [2.05, 4.69) is 9.97 Å². The van der Waals surface area contributed by atoms with Gasteiger partial charge in [-0.25, -0.2) is 4.98 Å². The highest BCUT2D eigenvalue weighted by molar-refractivity contribution is 5.92. The number of amides is 1. The van der Waals surface area contributed by atoms with Crippen molar-refractivity contribution in [3.8, 4) is 0 Å². The lowest BCUT2D eigenvalue weighted by atomic mass is 10.2. The molecule has 5 heteroatoms. The van der Waals surface area contributed by atoms with E-state index >= 15 is 0 Å². The number of benzene rings is 1. The van der Waals surface area contributed by atoms with Crippen LogP contribution in [0.15, 0.2) is 24.4 Å². The van der Waals surface area contributed by atoms with Gasteiger partial charge in [0.1, 0.15) is 5.69 Å². The number of hydrogen-bond donors (Lipinski definition) is 2. The molecule has 1 heterocycles. The molecule has 0 bridgehead atoms. The molecule has 4 N–H and O–H groups in total. The lowest BCUT2D eigenvalue weighted by molar-refractivity contribution is 0.0995. The molecule has 90 valence electrons. The van der Waals surface area contributed by atoms with Crippen LogP contribution in [0.4, 0.5) is 0 Å². The Morgan fingerprint density at radius 3 is 2.59 bits per heavy atom. The standard InChI is InChI=1S/C10H9N3O.C2H7N/c1-6-2-3-7-8(4-6)12-5-9(13-7)10(11)14;1-2-3/h2-5H,1H3,(H2,11,14);2-3H2,1H3. The predicted octanol–water partition coefficient (Wildman–Crippen LogP) is 1.00. The third-order valence-corrected chi connectivity index (χ3v) is 1.95. The predicted molar refractivity (Wildman–Crippen MR) is 67.5 cm³/mol. The van der Waals surface area contributed by atoms with Gasteiger partial charge >= 0.3 is 0 Å². The van der Waals surface area contributed by atoms with E-state index in [4.69, 9.17) is 11.5 Å². The Hall–Kier alpha value is -2.01. The zero-order chi connectivity index (χ0) is 12.8. The lowest BCUT2D eigenvalue weighted by Gasteiger charge is -1.99. The van der Waals surface area contributed by atoms with Gasteiger partial charge in [-0.15, -0.1) is 0 Å². The maximum Gasteiger partial charge on any atom is 0.268 e. The zero-order valence-electron chi connectivity index (χ0n) is 9.97. The Morgan fingerprint density at radius 1 is 1.35 bits per heavy atom. The minimum Gasteiger partial charge on any atom is -0.364 e. The number of carbonyl (C=O) groups excluding carboxylic acids is 1. The van der Waals surface area contributed by atoms with Gasteiger partial charge in [0.05, 0.1) is 17.2 Å². The molecule has 1 aromatic heterocycles. The Bertz CT molecular complexity index is 525. The van der Waals surface area contributed by atoms with Crippen molar-refractivity contribution in [1.82, 2.24) is 9.97 Å². The number of aromatic nitrogens is 2. The fourth-order valence-electron chi connectivity index (χ4n) is 1.24. The van der Waals surface area contributed by atoms with Crippen molar-refractivity contribution in [1.29, 1.82) is 0 Å². The maximum atomic E-state index is 10.8. The fraction of sp³-hybridized carbons (Fsp3) is 0.250. The summed E-state index contributed by atoms with van der Waals surface area (Å²) in [4.78, 5) is 19.0. The molecule has 17 heavy (non-hydrogen) atoms. The van der Waals surface area contributed by atoms with E-state index in [1.54, 1.807) is 0 Å². The van der Waals surface area contributed by atoms with E-state index in [1.807, 2.05) is 32.0 Å². The van der Waals surface area contributed by atoms with Crippen LogP contribution in [-0.4, -0.2) is 22.4 Å². The van der Waals surface area contributed by atoms with Crippen molar-refractivity contribution >= 4 is 16.9 Å². The van der Waals surface area contributed by atoms with Crippen LogP contribution < -0.4 is 11.5 Å². The van der Waals surface area contributed by atoms with Crippen molar-refractivity contribution in [3.63, 3.8) is 0 Å². The molecule has 1 amide bonds. The zero-order valence-corrected chi connectivity index (χ0v) is 9.97. The van der Waals surface area contributed by atoms with E-state index in [0.717, 1.165) is 17.6 Å². The molecule has 0 saturated carbocycles. The number of carbonyl (C=O) groups is 1. The maximum absolute atomic E-state index is 10.8. The van der Waals surface area contributed by atoms with Gasteiger partial charge in [-0.1, -0.05) is 13.0 Å². The summed E-state index contributed by atoms with van der Waals surface area (Å²) in [6, 6.07) is 5.65. The van der Waals surface area contributed by atoms with E-state index in [1.165, 1.54) is 6.20 Å². The minimum absolute atomic E-state index is 0.196. The van der Waals surface area contributed by atoms with E-state index in [9.17, 15) is 4.79 Å². The highest BCUT2D eigenvalue weighted by atomic mass is 16.1. The molecule has 0 atom stereocenters. The number of rotatable bonds is 1. The molecule has 2 rings (SSSR count). The third kappa shape index (κ3) is 3.49. The van der Waals surface area contributed by atoms with Crippen LogP contribution in [0.25, 0.3) is 11.0 Å². The first-order valence-corrected chi connectivity index (χ1v) is 5.31. The fourth-order valence-corrected chi connectivity index (χ4v) is 1.24. The molecule has 0 fully saturated rings. The van der Waals surface area contributed by atoms with Gasteiger partial charge in [-0.2, -0.15) is 0 Å². The molecular formula is C12H16N4O. The van der Waals surface area contributed by atoms with Gasteiger partial charge in [0.15, 0.2) is 0 Å². The number of hydrogen-bond acceptors (Lipinski definition) is 4. The summed E-state index contributed by atoms with van der Waals surface area (Å²) in [5, 5.41) is 0. The first kappa shape index (κ1) is 13.1. The summed E-state index contributed by atoms with van der Waals surface area (Å²) in [5.74, 6) is -0.556. The summed E-state index contributed by atoms with van der Waals surface area (Å²) < 4.78 is 0. The van der Waals surface area contributed by atoms with Crippen molar-refractivity contribution in [2.75, 3.05) is 6.54 Å². The Kier molecular flexibility index (Phi) is 4.54. The number of nitrogens with zero attached hydrogens (tertiary/aromatic N) is 2. The monoisotopic (exact) mass is 232 g/mol. The summed E-state index contributed by atoms with van der Waals surface area (Å²) in [5.41, 5.74) is 12.7. The molecule has 0 aliphatic rings. The van der Waals surface area contributed by atoms with Crippen LogP contribution in [-0.2, 0) is 0 Å². The first-order valence-electron chi connectivity index (χ1n) is 5.31. The second-order valence-corrected chi connectivity index (χ2v) is 3.52. The van der Waals surface area contributed by atoms with Crippen LogP contribution in [0, 0.1) is 6.92 Å². The molecule has 0 spiro atoms. The molecule has 0 aliphatic heterocycles. The van der Waals surface area contributed by atoms with Gasteiger partial charge in [0, 0.05) is 0 Å². The molecule has 1 aromatic carbocycles. The van der Waals surface area contributed by atoms with Crippen LogP contribution in [0.3, 0.4) is 0 Å². The van der Waals surface area contributed by atoms with Crippen molar-refractivity contribution in [2.45, 2.75) is 13.8 Å². The van der Waals surface area contributed by atoms with Gasteiger partial charge in [0.25, 0.3) is 5.91 Å². The summed E-state index contributed by atoms with van der Waals surface area (Å²) >= 11 is 0. The summed E-state index contributed by atoms with van der Waals surface area (Å²) in [7, 11) is 0. The van der Waals surface area contributed by atoms with Gasteiger partial charge in [-0.3, -0.25) is 9.78 Å². The molecular weight excluding hydrogens is 216 g/mol. The third-order valence-electron chi connectivity index (χ3n) is 1.95. The Balaban J connectivity index is 0.000000437. The first-order chi connectivity index (χ1) is 8.08. The van der Waals surface area contributed by atoms with Crippen LogP contribution in [0.5, 0.6) is 0 Å². The second-order valence-electron chi connectivity index (χ2n) is 3.52. The highest BCUT2D eigenvalue weighted by Gasteiger charge is 2.04. The van der Waals surface area contributed by atoms with Gasteiger partial charge < -0.3 is 11.5 Å². The van der Waals surface area contributed by atoms with E-state index in [0.29, 0.717) is 5.52 Å². The molecule has 5 nitrogen and oxygen atoms in total. The smallest absolute Gasteiger partial charge is 0.268 e. The molecule has 0 aliphatic carbocycles. The van der Waals surface area contributed by atoms with Crippen LogP contribution in [0.1, 0.15) is 23.0 Å². The topological polar surface area (TPSA) is 94.9 Å². The summed E-state index contributed by atoms with van der Waals surface area (Å²) in [6.45, 7) is 4.63. The highest BCUT2D eigenvalue weighted by Crippen LogP contribution is 2.11. The molecule has 2 aromatic rings. The average Bonchev–Trinajstić information content (AvgIpc) is 2.29. The Labute approximate surface area is 99.9 Å². The van der Waals surface area contributed by atoms with Crippen molar-refractivity contribution in [2.24, 2.45) is 11.5 Å². The number of nitrogens with two attached hydrogens (primary N) is 2. The lowest BCUT2D eigenvalue weighted by Crippen LogP contribution is -2.13. The van der Waals surface area contributed by atoms with Gasteiger partial charge in [-0.05, 0) is 31.2 Å². The minimum atomic E-state index is -0.556. The van der Waals surface area contributed by atoms with E-state index in [-0.39, 0.29) is 5.69 Å². The summed E-state index contributed by atoms with van der Waals surface area (Å²) in [6.07, 6.45) is 1.39. The largest absolute Gasteiger partial charge is 0.364 e. The molecule has 0 saturated heterocycles. The molecule has 0 unspecified atom stereocenters. The Morgan fingerprint density at radius 2 is 2.00 bits per heavy atom. The second kappa shape index (κ2) is 5.91. The van der Waals surface area contributed by atoms with E-state index < -0.39 is 5.91 Å². The quantitative estimate of drug-likeness (QED) is 0.766. The molecule has 0 radical (unpaired) electrons. The van der Waals surface area contributed by atoms with Crippen LogP contribution >= 0.6 is 0 Å². The van der Waals surface area contributed by atoms with Crippen LogP contribution in [0.2, 0.25) is 0 Å². The normalized spacial score (nSPS) is 9.59.